The van der Waals surface area contributed by atoms with Crippen LogP contribution in [-0.4, -0.2) is 27.5 Å². The highest BCUT2D eigenvalue weighted by Gasteiger charge is 2.34. The lowest BCUT2D eigenvalue weighted by Crippen LogP contribution is -2.39. The summed E-state index contributed by atoms with van der Waals surface area (Å²) in [5.41, 5.74) is 4.01. The molecule has 0 radical (unpaired) electrons. The summed E-state index contributed by atoms with van der Waals surface area (Å²) in [6.07, 6.45) is 8.44. The van der Waals surface area contributed by atoms with Crippen LogP contribution in [-0.2, 0) is 0 Å². The molecule has 168 valence electrons. The summed E-state index contributed by atoms with van der Waals surface area (Å²) in [4.78, 5) is 16.5. The number of aromatic nitrogens is 3. The van der Waals surface area contributed by atoms with Gasteiger partial charge in [-0.2, -0.15) is 5.26 Å². The number of rotatable bonds is 5. The fraction of sp³-hybridized carbons (Fsp3) is 0.407. The van der Waals surface area contributed by atoms with Crippen molar-refractivity contribution in [3.8, 4) is 17.3 Å². The quantitative estimate of drug-likeness (QED) is 0.523. The van der Waals surface area contributed by atoms with Crippen molar-refractivity contribution in [3.05, 3.63) is 59.9 Å². The van der Waals surface area contributed by atoms with E-state index in [1.807, 2.05) is 6.20 Å². The van der Waals surface area contributed by atoms with E-state index in [1.54, 1.807) is 18.3 Å². The zero-order chi connectivity index (χ0) is 23.0. The second-order valence-corrected chi connectivity index (χ2v) is 10.2. The summed E-state index contributed by atoms with van der Waals surface area (Å²) < 4.78 is 0. The van der Waals surface area contributed by atoms with Crippen molar-refractivity contribution in [1.29, 1.82) is 5.26 Å². The number of nitrogens with zero attached hydrogens (tertiary/aromatic N) is 5. The van der Waals surface area contributed by atoms with Crippen LogP contribution in [0.25, 0.3) is 11.3 Å². The lowest BCUT2D eigenvalue weighted by molar-refractivity contribution is 0.319. The molecule has 4 heterocycles. The average Bonchev–Trinajstić information content (AvgIpc) is 3.54. The van der Waals surface area contributed by atoms with E-state index in [0.717, 1.165) is 29.4 Å². The average molecular weight is 439 g/mol. The third-order valence-corrected chi connectivity index (χ3v) is 6.63. The van der Waals surface area contributed by atoms with Crippen LogP contribution >= 0.6 is 0 Å². The van der Waals surface area contributed by atoms with Crippen molar-refractivity contribution < 1.29 is 0 Å². The van der Waals surface area contributed by atoms with Gasteiger partial charge in [0, 0.05) is 30.5 Å². The van der Waals surface area contributed by atoms with Crippen LogP contribution in [0.2, 0.25) is 0 Å². The predicted octanol–water partition coefficient (Wildman–Crippen LogP) is 6.05. The van der Waals surface area contributed by atoms with E-state index in [-0.39, 0.29) is 5.41 Å². The third-order valence-electron chi connectivity index (χ3n) is 6.63. The van der Waals surface area contributed by atoms with E-state index < -0.39 is 0 Å². The van der Waals surface area contributed by atoms with Crippen molar-refractivity contribution in [1.82, 2.24) is 15.0 Å². The minimum Gasteiger partial charge on any atom is -0.353 e. The summed E-state index contributed by atoms with van der Waals surface area (Å²) in [5.74, 6) is 3.00. The Balaban J connectivity index is 1.43. The smallest absolute Gasteiger partial charge is 0.132 e. The fourth-order valence-corrected chi connectivity index (χ4v) is 4.76. The molecule has 0 spiro atoms. The molecule has 5 rings (SSSR count). The largest absolute Gasteiger partial charge is 0.353 e. The Hall–Kier alpha value is -3.46. The molecular weight excluding hydrogens is 408 g/mol. The first-order valence-electron chi connectivity index (χ1n) is 11.8. The van der Waals surface area contributed by atoms with Crippen LogP contribution < -0.4 is 10.2 Å². The Morgan fingerprint density at radius 2 is 1.88 bits per heavy atom. The number of anilines is 3. The van der Waals surface area contributed by atoms with Gasteiger partial charge >= 0.3 is 0 Å². The highest BCUT2D eigenvalue weighted by atomic mass is 15.2. The van der Waals surface area contributed by atoms with Crippen molar-refractivity contribution in [2.75, 3.05) is 16.8 Å². The maximum atomic E-state index is 9.18. The van der Waals surface area contributed by atoms with Gasteiger partial charge < -0.3 is 10.2 Å². The highest BCUT2D eigenvalue weighted by molar-refractivity contribution is 5.66. The first kappa shape index (κ1) is 21.4. The molecule has 0 aromatic carbocycles. The summed E-state index contributed by atoms with van der Waals surface area (Å²) in [6, 6.07) is 14.7. The Morgan fingerprint density at radius 3 is 2.58 bits per heavy atom. The highest BCUT2D eigenvalue weighted by Crippen LogP contribution is 2.42. The van der Waals surface area contributed by atoms with Gasteiger partial charge in [0.1, 0.15) is 17.5 Å². The molecule has 33 heavy (non-hydrogen) atoms. The van der Waals surface area contributed by atoms with Crippen molar-refractivity contribution in [2.45, 2.75) is 58.4 Å². The monoisotopic (exact) mass is 438 g/mol. The molecule has 1 N–H and O–H groups in total. The van der Waals surface area contributed by atoms with E-state index in [4.69, 9.17) is 9.97 Å². The predicted molar refractivity (Wildman–Crippen MR) is 132 cm³/mol. The molecule has 3 aromatic rings. The van der Waals surface area contributed by atoms with Crippen LogP contribution in [0.4, 0.5) is 17.5 Å². The van der Waals surface area contributed by atoms with Crippen LogP contribution in [0.3, 0.4) is 0 Å². The molecule has 2 aliphatic rings. The van der Waals surface area contributed by atoms with Crippen LogP contribution in [0.5, 0.6) is 0 Å². The molecule has 1 saturated carbocycles. The Kier molecular flexibility index (Phi) is 5.49. The van der Waals surface area contributed by atoms with E-state index in [2.05, 4.69) is 66.3 Å². The Labute approximate surface area is 195 Å². The molecule has 0 bridgehead atoms. The summed E-state index contributed by atoms with van der Waals surface area (Å²) >= 11 is 0. The Morgan fingerprint density at radius 1 is 1.03 bits per heavy atom. The summed E-state index contributed by atoms with van der Waals surface area (Å²) in [6.45, 7) is 8.00. The lowest BCUT2D eigenvalue weighted by Gasteiger charge is -2.35. The summed E-state index contributed by atoms with van der Waals surface area (Å²) in [5, 5.41) is 12.5. The van der Waals surface area contributed by atoms with Crippen LogP contribution in [0, 0.1) is 16.7 Å². The Bertz CT molecular complexity index is 1180. The van der Waals surface area contributed by atoms with Gasteiger partial charge in [-0.15, -0.1) is 0 Å². The van der Waals surface area contributed by atoms with E-state index >= 15 is 0 Å². The molecule has 1 aliphatic carbocycles. The van der Waals surface area contributed by atoms with Gasteiger partial charge in [0.15, 0.2) is 0 Å². The molecule has 6 heteroatoms. The van der Waals surface area contributed by atoms with Crippen molar-refractivity contribution >= 4 is 17.5 Å². The maximum absolute atomic E-state index is 9.18. The third kappa shape index (κ3) is 4.68. The number of pyridine rings is 3. The minimum absolute atomic E-state index is 0.231. The first-order chi connectivity index (χ1) is 15.9. The molecular formula is C27H30N6. The topological polar surface area (TPSA) is 77.7 Å². The molecule has 6 nitrogen and oxygen atoms in total. The fourth-order valence-electron chi connectivity index (χ4n) is 4.76. The van der Waals surface area contributed by atoms with Crippen molar-refractivity contribution in [2.24, 2.45) is 5.41 Å². The van der Waals surface area contributed by atoms with Crippen molar-refractivity contribution in [3.63, 3.8) is 0 Å². The van der Waals surface area contributed by atoms with E-state index in [0.29, 0.717) is 23.3 Å². The SMILES string of the molecule is CC(C)(C)[C@@H]1CCCN1c1ccc(-c2cc(C3CC3)cc(Nc3cc(C#N)ccn3)n2)cn1. The standard InChI is InChI=1S/C27H30N6/c1-27(2,3)23-5-4-12-33(23)26-9-8-20(17-30-26)22-14-21(19-6-7-19)15-25(31-22)32-24-13-18(16-28)10-11-29-24/h8-11,13-15,17,19,23H,4-7,12H2,1-3H3,(H,29,31,32)/t23-/m0/s1. The summed E-state index contributed by atoms with van der Waals surface area (Å²) in [7, 11) is 0. The molecule has 1 aliphatic heterocycles. The maximum Gasteiger partial charge on any atom is 0.132 e. The lowest BCUT2D eigenvalue weighted by atomic mass is 9.85. The molecule has 2 fully saturated rings. The molecule has 0 unspecified atom stereocenters. The van der Waals surface area contributed by atoms with Gasteiger partial charge in [0.05, 0.1) is 17.3 Å². The number of hydrogen-bond acceptors (Lipinski definition) is 6. The molecule has 3 aromatic heterocycles. The van der Waals surface area contributed by atoms with Gasteiger partial charge in [0.2, 0.25) is 0 Å². The first-order valence-corrected chi connectivity index (χ1v) is 11.8. The zero-order valence-corrected chi connectivity index (χ0v) is 19.5. The van der Waals surface area contributed by atoms with Gasteiger partial charge in [-0.1, -0.05) is 20.8 Å². The molecule has 0 amide bonds. The number of hydrogen-bond donors (Lipinski definition) is 1. The van der Waals surface area contributed by atoms with E-state index in [1.165, 1.54) is 31.2 Å². The van der Waals surface area contributed by atoms with Gasteiger partial charge in [0.25, 0.3) is 0 Å². The zero-order valence-electron chi connectivity index (χ0n) is 19.5. The molecule has 1 atom stereocenters. The van der Waals surface area contributed by atoms with Gasteiger partial charge in [-0.05, 0) is 79.0 Å². The molecule has 1 saturated heterocycles. The van der Waals surface area contributed by atoms with E-state index in [9.17, 15) is 5.26 Å². The normalized spacial score (nSPS) is 18.2. The second kappa shape index (κ2) is 8.47. The van der Waals surface area contributed by atoms with Crippen LogP contribution in [0.1, 0.15) is 63.5 Å². The van der Waals surface area contributed by atoms with Gasteiger partial charge in [-0.3, -0.25) is 0 Å². The van der Waals surface area contributed by atoms with Crippen LogP contribution in [0.15, 0.2) is 48.8 Å². The second-order valence-electron chi connectivity index (χ2n) is 10.2. The number of nitriles is 1. The van der Waals surface area contributed by atoms with Gasteiger partial charge in [-0.25, -0.2) is 15.0 Å². The number of nitrogens with one attached hydrogen (secondary N) is 1. The minimum atomic E-state index is 0.231.